The molecule has 130 valence electrons. The number of amides is 1. The van der Waals surface area contributed by atoms with E-state index >= 15 is 0 Å². The summed E-state index contributed by atoms with van der Waals surface area (Å²) in [5.41, 5.74) is 3.09. The van der Waals surface area contributed by atoms with Crippen LogP contribution in [0.2, 0.25) is 5.02 Å². The number of aromatic nitrogens is 4. The number of fused-ring (bicyclic) bond motifs is 1. The zero-order chi connectivity index (χ0) is 18.1. The smallest absolute Gasteiger partial charge is 0.252 e. The topological polar surface area (TPSA) is 72.2 Å². The molecule has 0 saturated heterocycles. The zero-order valence-electron chi connectivity index (χ0n) is 14.7. The summed E-state index contributed by atoms with van der Waals surface area (Å²) in [7, 11) is 0. The molecule has 2 aromatic heterocycles. The standard InChI is InChI=1S/C18H20ClN5O/c1-10(2)17-22-18-20-11(3)13(12(4)24(18)23-17)9-16(25)21-15-8-6-5-7-14(15)19/h5-8,10H,9H2,1-4H3,(H,21,25). The SMILES string of the molecule is Cc1nc2nc(C(C)C)nn2c(C)c1CC(=O)Nc1ccccc1Cl. The van der Waals surface area contributed by atoms with Crippen molar-refractivity contribution in [1.82, 2.24) is 19.6 Å². The summed E-state index contributed by atoms with van der Waals surface area (Å²) >= 11 is 6.09. The third-order valence-electron chi connectivity index (χ3n) is 4.07. The number of carbonyl (C=O) groups is 1. The minimum atomic E-state index is -0.148. The molecule has 0 atom stereocenters. The van der Waals surface area contributed by atoms with Crippen LogP contribution in [0.5, 0.6) is 0 Å². The van der Waals surface area contributed by atoms with E-state index < -0.39 is 0 Å². The first-order valence-electron chi connectivity index (χ1n) is 8.14. The molecular formula is C18H20ClN5O. The maximum atomic E-state index is 12.4. The van der Waals surface area contributed by atoms with Gasteiger partial charge in [-0.25, -0.2) is 9.50 Å². The Morgan fingerprint density at radius 2 is 1.96 bits per heavy atom. The number of para-hydroxylation sites is 1. The van der Waals surface area contributed by atoms with Crippen molar-refractivity contribution in [2.24, 2.45) is 0 Å². The van der Waals surface area contributed by atoms with Crippen LogP contribution in [0.3, 0.4) is 0 Å². The molecule has 7 heteroatoms. The highest BCUT2D eigenvalue weighted by molar-refractivity contribution is 6.33. The molecule has 25 heavy (non-hydrogen) atoms. The van der Waals surface area contributed by atoms with Gasteiger partial charge >= 0.3 is 0 Å². The van der Waals surface area contributed by atoms with Crippen molar-refractivity contribution in [2.75, 3.05) is 5.32 Å². The van der Waals surface area contributed by atoms with Crippen molar-refractivity contribution in [3.8, 4) is 0 Å². The fraction of sp³-hybridized carbons (Fsp3) is 0.333. The Bertz CT molecular complexity index is 948. The lowest BCUT2D eigenvalue weighted by molar-refractivity contribution is -0.115. The Morgan fingerprint density at radius 1 is 1.24 bits per heavy atom. The summed E-state index contributed by atoms with van der Waals surface area (Å²) in [6.07, 6.45) is 0.197. The molecule has 3 aromatic rings. The fourth-order valence-corrected chi connectivity index (χ4v) is 2.82. The Balaban J connectivity index is 1.90. The van der Waals surface area contributed by atoms with Crippen LogP contribution < -0.4 is 5.32 Å². The second-order valence-corrected chi connectivity index (χ2v) is 6.71. The van der Waals surface area contributed by atoms with Crippen LogP contribution in [0.25, 0.3) is 5.78 Å². The molecule has 0 spiro atoms. The molecule has 1 amide bonds. The van der Waals surface area contributed by atoms with Crippen LogP contribution in [-0.4, -0.2) is 25.5 Å². The van der Waals surface area contributed by atoms with E-state index in [0.717, 1.165) is 22.8 Å². The van der Waals surface area contributed by atoms with Gasteiger partial charge < -0.3 is 5.32 Å². The van der Waals surface area contributed by atoms with Crippen molar-refractivity contribution < 1.29 is 4.79 Å². The second-order valence-electron chi connectivity index (χ2n) is 6.30. The van der Waals surface area contributed by atoms with Gasteiger partial charge in [-0.15, -0.1) is 5.10 Å². The molecule has 0 aliphatic carbocycles. The number of halogens is 1. The predicted molar refractivity (Wildman–Crippen MR) is 98.1 cm³/mol. The molecule has 3 rings (SSSR count). The van der Waals surface area contributed by atoms with Gasteiger partial charge in [-0.3, -0.25) is 4.79 Å². The first kappa shape index (κ1) is 17.4. The lowest BCUT2D eigenvalue weighted by Gasteiger charge is -2.11. The number of hydrogen-bond donors (Lipinski definition) is 1. The summed E-state index contributed by atoms with van der Waals surface area (Å²) in [6.45, 7) is 7.89. The van der Waals surface area contributed by atoms with Gasteiger partial charge in [0, 0.05) is 22.9 Å². The summed E-state index contributed by atoms with van der Waals surface area (Å²) < 4.78 is 1.71. The maximum Gasteiger partial charge on any atom is 0.252 e. The van der Waals surface area contributed by atoms with E-state index in [9.17, 15) is 4.79 Å². The maximum absolute atomic E-state index is 12.4. The van der Waals surface area contributed by atoms with Gasteiger partial charge in [0.15, 0.2) is 5.82 Å². The van der Waals surface area contributed by atoms with E-state index in [-0.39, 0.29) is 18.2 Å². The van der Waals surface area contributed by atoms with Gasteiger partial charge in [-0.1, -0.05) is 37.6 Å². The normalized spacial score (nSPS) is 11.3. The minimum absolute atomic E-state index is 0.148. The van der Waals surface area contributed by atoms with Crippen molar-refractivity contribution in [1.29, 1.82) is 0 Å². The Hall–Kier alpha value is -2.47. The Morgan fingerprint density at radius 3 is 2.64 bits per heavy atom. The van der Waals surface area contributed by atoms with E-state index in [1.54, 1.807) is 16.6 Å². The lowest BCUT2D eigenvalue weighted by atomic mass is 10.1. The van der Waals surface area contributed by atoms with E-state index in [1.165, 1.54) is 0 Å². The number of aryl methyl sites for hydroxylation is 2. The molecule has 0 aliphatic rings. The lowest BCUT2D eigenvalue weighted by Crippen LogP contribution is -2.18. The average molecular weight is 358 g/mol. The van der Waals surface area contributed by atoms with Crippen molar-refractivity contribution in [3.63, 3.8) is 0 Å². The Labute approximate surface area is 151 Å². The van der Waals surface area contributed by atoms with Crippen LogP contribution in [0.1, 0.15) is 42.5 Å². The highest BCUT2D eigenvalue weighted by Gasteiger charge is 2.17. The van der Waals surface area contributed by atoms with Crippen LogP contribution in [-0.2, 0) is 11.2 Å². The molecule has 0 aliphatic heterocycles. The zero-order valence-corrected chi connectivity index (χ0v) is 15.4. The number of carbonyl (C=O) groups excluding carboxylic acids is 1. The number of rotatable bonds is 4. The first-order valence-corrected chi connectivity index (χ1v) is 8.51. The molecule has 0 fully saturated rings. The van der Waals surface area contributed by atoms with Gasteiger partial charge in [-0.05, 0) is 26.0 Å². The molecule has 0 radical (unpaired) electrons. The minimum Gasteiger partial charge on any atom is -0.324 e. The third-order valence-corrected chi connectivity index (χ3v) is 4.40. The largest absolute Gasteiger partial charge is 0.324 e. The molecule has 2 heterocycles. The van der Waals surface area contributed by atoms with Crippen LogP contribution >= 0.6 is 11.6 Å². The van der Waals surface area contributed by atoms with Gasteiger partial charge in [0.1, 0.15) is 0 Å². The predicted octanol–water partition coefficient (Wildman–Crippen LogP) is 3.70. The van der Waals surface area contributed by atoms with Crippen molar-refractivity contribution >= 4 is 29.0 Å². The molecule has 0 bridgehead atoms. The Kier molecular flexibility index (Phi) is 4.72. The highest BCUT2D eigenvalue weighted by atomic mass is 35.5. The molecule has 1 aromatic carbocycles. The second kappa shape index (κ2) is 6.80. The summed E-state index contributed by atoms with van der Waals surface area (Å²) in [4.78, 5) is 21.4. The number of hydrogen-bond acceptors (Lipinski definition) is 4. The van der Waals surface area contributed by atoms with Gasteiger partial charge in [0.05, 0.1) is 17.1 Å². The van der Waals surface area contributed by atoms with Crippen LogP contribution in [0, 0.1) is 13.8 Å². The number of benzene rings is 1. The quantitative estimate of drug-likeness (QED) is 0.772. The van der Waals surface area contributed by atoms with E-state index in [4.69, 9.17) is 11.6 Å². The molecular weight excluding hydrogens is 338 g/mol. The summed E-state index contributed by atoms with van der Waals surface area (Å²) in [6, 6.07) is 7.16. The third kappa shape index (κ3) is 3.49. The number of anilines is 1. The monoisotopic (exact) mass is 357 g/mol. The van der Waals surface area contributed by atoms with Crippen molar-refractivity contribution in [2.45, 2.75) is 40.0 Å². The molecule has 0 saturated carbocycles. The molecule has 1 N–H and O–H groups in total. The summed E-state index contributed by atoms with van der Waals surface area (Å²) in [5.74, 6) is 1.37. The molecule has 6 nitrogen and oxygen atoms in total. The van der Waals surface area contributed by atoms with Gasteiger partial charge in [-0.2, -0.15) is 4.98 Å². The van der Waals surface area contributed by atoms with Crippen LogP contribution in [0.15, 0.2) is 24.3 Å². The number of nitrogens with zero attached hydrogens (tertiary/aromatic N) is 4. The summed E-state index contributed by atoms with van der Waals surface area (Å²) in [5, 5.41) is 7.86. The van der Waals surface area contributed by atoms with E-state index in [0.29, 0.717) is 16.5 Å². The number of nitrogens with one attached hydrogen (secondary N) is 1. The fourth-order valence-electron chi connectivity index (χ4n) is 2.64. The van der Waals surface area contributed by atoms with Crippen LogP contribution in [0.4, 0.5) is 5.69 Å². The first-order chi connectivity index (χ1) is 11.9. The van der Waals surface area contributed by atoms with E-state index in [1.807, 2.05) is 39.8 Å². The average Bonchev–Trinajstić information content (AvgIpc) is 2.98. The van der Waals surface area contributed by atoms with Gasteiger partial charge in [0.2, 0.25) is 5.91 Å². The molecule has 0 unspecified atom stereocenters. The van der Waals surface area contributed by atoms with Crippen molar-refractivity contribution in [3.05, 3.63) is 52.1 Å². The van der Waals surface area contributed by atoms with E-state index in [2.05, 4.69) is 20.4 Å². The van der Waals surface area contributed by atoms with Gasteiger partial charge in [0.25, 0.3) is 5.78 Å². The highest BCUT2D eigenvalue weighted by Crippen LogP contribution is 2.22.